The van der Waals surface area contributed by atoms with E-state index in [9.17, 15) is 5.11 Å². The van der Waals surface area contributed by atoms with Crippen molar-refractivity contribution in [1.29, 1.82) is 0 Å². The van der Waals surface area contributed by atoms with E-state index in [1.165, 1.54) is 44.9 Å². The molecule has 14 heavy (non-hydrogen) atoms. The highest BCUT2D eigenvalue weighted by Gasteiger charge is 2.32. The summed E-state index contributed by atoms with van der Waals surface area (Å²) in [6.45, 7) is 8.64. The zero-order valence-electron chi connectivity index (χ0n) is 10.5. The van der Waals surface area contributed by atoms with E-state index in [0.29, 0.717) is 0 Å². The SMILES string of the molecule is CCCCC(CCC)(CCC)C(C)O. The number of aliphatic hydroxyl groups excluding tert-OH is 1. The average molecular weight is 200 g/mol. The van der Waals surface area contributed by atoms with Gasteiger partial charge in [0.05, 0.1) is 6.10 Å². The molecule has 0 radical (unpaired) electrons. The smallest absolute Gasteiger partial charge is 0.0568 e. The number of rotatable bonds is 8. The van der Waals surface area contributed by atoms with Crippen molar-refractivity contribution in [1.82, 2.24) is 0 Å². The molecule has 0 saturated heterocycles. The van der Waals surface area contributed by atoms with Gasteiger partial charge in [0.1, 0.15) is 0 Å². The van der Waals surface area contributed by atoms with Gasteiger partial charge in [0.15, 0.2) is 0 Å². The Morgan fingerprint density at radius 1 is 0.929 bits per heavy atom. The molecule has 0 amide bonds. The van der Waals surface area contributed by atoms with Crippen LogP contribution in [0.4, 0.5) is 0 Å². The Balaban J connectivity index is 4.38. The van der Waals surface area contributed by atoms with Crippen LogP contribution in [0.3, 0.4) is 0 Å². The van der Waals surface area contributed by atoms with Gasteiger partial charge in [0.2, 0.25) is 0 Å². The quantitative estimate of drug-likeness (QED) is 0.624. The molecule has 0 aromatic carbocycles. The Kier molecular flexibility index (Phi) is 7.26. The van der Waals surface area contributed by atoms with Crippen LogP contribution in [0.1, 0.15) is 72.6 Å². The zero-order chi connectivity index (χ0) is 11.0. The van der Waals surface area contributed by atoms with Crippen molar-refractivity contribution < 1.29 is 5.11 Å². The lowest BCUT2D eigenvalue weighted by atomic mass is 9.71. The molecule has 0 aliphatic heterocycles. The van der Waals surface area contributed by atoms with Crippen molar-refractivity contribution in [2.45, 2.75) is 78.7 Å². The number of hydrogen-bond donors (Lipinski definition) is 1. The first-order valence-corrected chi connectivity index (χ1v) is 6.31. The maximum Gasteiger partial charge on any atom is 0.0568 e. The maximum atomic E-state index is 9.95. The van der Waals surface area contributed by atoms with Gasteiger partial charge in [-0.2, -0.15) is 0 Å². The van der Waals surface area contributed by atoms with Gasteiger partial charge >= 0.3 is 0 Å². The Morgan fingerprint density at radius 3 is 1.71 bits per heavy atom. The largest absolute Gasteiger partial charge is 0.393 e. The molecule has 86 valence electrons. The summed E-state index contributed by atoms with van der Waals surface area (Å²) in [6.07, 6.45) is 8.28. The molecule has 0 saturated carbocycles. The van der Waals surface area contributed by atoms with Crippen molar-refractivity contribution in [3.63, 3.8) is 0 Å². The number of unbranched alkanes of at least 4 members (excludes halogenated alkanes) is 1. The molecule has 1 atom stereocenters. The molecule has 0 aromatic heterocycles. The van der Waals surface area contributed by atoms with Gasteiger partial charge in [-0.05, 0) is 31.6 Å². The fourth-order valence-corrected chi connectivity index (χ4v) is 2.53. The molecular weight excluding hydrogens is 172 g/mol. The molecular formula is C13H28O. The molecule has 0 spiro atoms. The lowest BCUT2D eigenvalue weighted by Gasteiger charge is -2.36. The summed E-state index contributed by atoms with van der Waals surface area (Å²) in [7, 11) is 0. The van der Waals surface area contributed by atoms with Crippen LogP contribution in [-0.2, 0) is 0 Å². The average Bonchev–Trinajstić information content (AvgIpc) is 2.14. The van der Waals surface area contributed by atoms with Crippen molar-refractivity contribution in [3.05, 3.63) is 0 Å². The predicted molar refractivity (Wildman–Crippen MR) is 63.5 cm³/mol. The Morgan fingerprint density at radius 2 is 1.43 bits per heavy atom. The molecule has 0 bridgehead atoms. The van der Waals surface area contributed by atoms with Gasteiger partial charge in [-0.25, -0.2) is 0 Å². The summed E-state index contributed by atoms with van der Waals surface area (Å²) >= 11 is 0. The Bertz CT molecular complexity index is 123. The second-order valence-corrected chi connectivity index (χ2v) is 4.64. The highest BCUT2D eigenvalue weighted by Crippen LogP contribution is 2.38. The fourth-order valence-electron chi connectivity index (χ4n) is 2.53. The molecule has 1 heteroatoms. The van der Waals surface area contributed by atoms with Crippen LogP contribution in [0, 0.1) is 5.41 Å². The summed E-state index contributed by atoms with van der Waals surface area (Å²) in [6, 6.07) is 0. The minimum absolute atomic E-state index is 0.144. The summed E-state index contributed by atoms with van der Waals surface area (Å²) in [5.41, 5.74) is 0.208. The van der Waals surface area contributed by atoms with E-state index < -0.39 is 0 Å². The van der Waals surface area contributed by atoms with Gasteiger partial charge in [-0.1, -0.05) is 46.5 Å². The Labute approximate surface area is 89.9 Å². The van der Waals surface area contributed by atoms with Gasteiger partial charge in [0, 0.05) is 0 Å². The van der Waals surface area contributed by atoms with E-state index in [-0.39, 0.29) is 11.5 Å². The first-order valence-electron chi connectivity index (χ1n) is 6.31. The molecule has 0 aromatic rings. The van der Waals surface area contributed by atoms with Crippen molar-refractivity contribution in [2.24, 2.45) is 5.41 Å². The summed E-state index contributed by atoms with van der Waals surface area (Å²) in [5.74, 6) is 0. The zero-order valence-corrected chi connectivity index (χ0v) is 10.5. The topological polar surface area (TPSA) is 20.2 Å². The first-order chi connectivity index (χ1) is 6.63. The van der Waals surface area contributed by atoms with E-state index in [4.69, 9.17) is 0 Å². The van der Waals surface area contributed by atoms with Crippen LogP contribution in [0.2, 0.25) is 0 Å². The van der Waals surface area contributed by atoms with Gasteiger partial charge < -0.3 is 5.11 Å². The molecule has 1 N–H and O–H groups in total. The lowest BCUT2D eigenvalue weighted by molar-refractivity contribution is 0.0142. The maximum absolute atomic E-state index is 9.95. The van der Waals surface area contributed by atoms with Crippen LogP contribution in [0.5, 0.6) is 0 Å². The van der Waals surface area contributed by atoms with Crippen molar-refractivity contribution >= 4 is 0 Å². The highest BCUT2D eigenvalue weighted by molar-refractivity contribution is 4.83. The molecule has 0 fully saturated rings. The monoisotopic (exact) mass is 200 g/mol. The van der Waals surface area contributed by atoms with E-state index in [1.54, 1.807) is 0 Å². The lowest BCUT2D eigenvalue weighted by Crippen LogP contribution is -2.33. The molecule has 0 aliphatic carbocycles. The summed E-state index contributed by atoms with van der Waals surface area (Å²) < 4.78 is 0. The molecule has 0 aliphatic rings. The highest BCUT2D eigenvalue weighted by atomic mass is 16.3. The van der Waals surface area contributed by atoms with Gasteiger partial charge in [0.25, 0.3) is 0 Å². The molecule has 0 heterocycles. The third-order valence-corrected chi connectivity index (χ3v) is 3.41. The Hall–Kier alpha value is -0.0400. The van der Waals surface area contributed by atoms with E-state index >= 15 is 0 Å². The van der Waals surface area contributed by atoms with Crippen LogP contribution in [0.25, 0.3) is 0 Å². The second kappa shape index (κ2) is 7.28. The van der Waals surface area contributed by atoms with Crippen molar-refractivity contribution in [2.75, 3.05) is 0 Å². The third-order valence-electron chi connectivity index (χ3n) is 3.41. The predicted octanol–water partition coefficient (Wildman–Crippen LogP) is 4.14. The fraction of sp³-hybridized carbons (Fsp3) is 1.00. The molecule has 1 nitrogen and oxygen atoms in total. The minimum Gasteiger partial charge on any atom is -0.393 e. The first kappa shape index (κ1) is 14.0. The summed E-state index contributed by atoms with van der Waals surface area (Å²) in [5, 5.41) is 9.95. The number of aliphatic hydroxyl groups is 1. The van der Waals surface area contributed by atoms with Crippen LogP contribution < -0.4 is 0 Å². The number of hydrogen-bond acceptors (Lipinski definition) is 1. The molecule has 0 rings (SSSR count). The summed E-state index contributed by atoms with van der Waals surface area (Å²) in [4.78, 5) is 0. The third kappa shape index (κ3) is 4.00. The standard InChI is InChI=1S/C13H28O/c1-5-8-11-13(9-6-2,10-7-3)12(4)14/h12,14H,5-11H2,1-4H3. The van der Waals surface area contributed by atoms with Crippen molar-refractivity contribution in [3.8, 4) is 0 Å². The van der Waals surface area contributed by atoms with Gasteiger partial charge in [-0.3, -0.25) is 0 Å². The van der Waals surface area contributed by atoms with Crippen LogP contribution >= 0.6 is 0 Å². The van der Waals surface area contributed by atoms with Gasteiger partial charge in [-0.15, -0.1) is 0 Å². The second-order valence-electron chi connectivity index (χ2n) is 4.64. The van der Waals surface area contributed by atoms with E-state index in [0.717, 1.165) is 0 Å². The van der Waals surface area contributed by atoms with E-state index in [1.807, 2.05) is 6.92 Å². The molecule has 1 unspecified atom stereocenters. The van der Waals surface area contributed by atoms with Crippen LogP contribution in [0.15, 0.2) is 0 Å². The van der Waals surface area contributed by atoms with E-state index in [2.05, 4.69) is 20.8 Å². The normalized spacial score (nSPS) is 14.4. The minimum atomic E-state index is -0.144. The van der Waals surface area contributed by atoms with Crippen LogP contribution in [-0.4, -0.2) is 11.2 Å².